The first-order chi connectivity index (χ1) is 17.6. The summed E-state index contributed by atoms with van der Waals surface area (Å²) in [5.41, 5.74) is 14.6. The summed E-state index contributed by atoms with van der Waals surface area (Å²) in [6.07, 6.45) is 17.9. The van der Waals surface area contributed by atoms with Gasteiger partial charge in [-0.2, -0.15) is 0 Å². The quantitative estimate of drug-likeness (QED) is 0.290. The van der Waals surface area contributed by atoms with Crippen LogP contribution in [0.1, 0.15) is 92.4 Å². The van der Waals surface area contributed by atoms with Crippen LogP contribution >= 0.6 is 0 Å². The van der Waals surface area contributed by atoms with Crippen LogP contribution in [0.15, 0.2) is 30.4 Å². The van der Waals surface area contributed by atoms with Crippen LogP contribution in [-0.2, 0) is 0 Å². The number of hydrogen-bond acceptors (Lipinski definition) is 3. The fourth-order valence-corrected chi connectivity index (χ4v) is 11.1. The Balaban J connectivity index is 1.19. The molecule has 3 heteroatoms. The van der Waals surface area contributed by atoms with Gasteiger partial charge in [0.2, 0.25) is 0 Å². The highest BCUT2D eigenvalue weighted by Crippen LogP contribution is 2.77. The van der Waals surface area contributed by atoms with Gasteiger partial charge in [0.15, 0.2) is 0 Å². The molecular weight excluding hydrogens is 452 g/mol. The SMILES string of the molecule is CC(C)CCCC(C)C1CCC2C3C=CC4CC(Oc5ccc(N)cc5N)CCC45C(C)C(CC12C)C35. The highest BCUT2D eigenvalue weighted by molar-refractivity contribution is 5.60. The van der Waals surface area contributed by atoms with Crippen LogP contribution in [0.4, 0.5) is 11.4 Å². The van der Waals surface area contributed by atoms with E-state index in [0.29, 0.717) is 28.1 Å². The fourth-order valence-electron chi connectivity index (χ4n) is 11.1. The molecule has 0 heterocycles. The van der Waals surface area contributed by atoms with Gasteiger partial charge in [-0.1, -0.05) is 66.0 Å². The maximum absolute atomic E-state index is 6.48. The molecular formula is C34H52N2O. The van der Waals surface area contributed by atoms with E-state index < -0.39 is 0 Å². The fraction of sp³-hybridized carbons (Fsp3) is 0.765. The zero-order valence-electron chi connectivity index (χ0n) is 24.1. The molecule has 37 heavy (non-hydrogen) atoms. The van der Waals surface area contributed by atoms with E-state index in [-0.39, 0.29) is 6.10 Å². The third-order valence-electron chi connectivity index (χ3n) is 12.7. The van der Waals surface area contributed by atoms with E-state index in [0.717, 1.165) is 65.9 Å². The number of fused-ring (bicyclic) bond motifs is 2. The molecule has 5 aliphatic carbocycles. The highest BCUT2D eigenvalue weighted by Gasteiger charge is 2.72. The first kappa shape index (κ1) is 25.6. The molecule has 1 aromatic carbocycles. The van der Waals surface area contributed by atoms with Gasteiger partial charge in [0.05, 0.1) is 11.8 Å². The molecule has 0 saturated heterocycles. The van der Waals surface area contributed by atoms with Crippen molar-refractivity contribution >= 4 is 11.4 Å². The molecule has 5 aliphatic rings. The molecule has 0 radical (unpaired) electrons. The second kappa shape index (κ2) is 9.23. The van der Waals surface area contributed by atoms with Crippen molar-refractivity contribution in [2.45, 2.75) is 98.5 Å². The molecule has 0 aliphatic heterocycles. The Kier molecular flexibility index (Phi) is 6.39. The lowest BCUT2D eigenvalue weighted by Gasteiger charge is -2.74. The number of ether oxygens (including phenoxy) is 1. The van der Waals surface area contributed by atoms with Crippen molar-refractivity contribution in [3.63, 3.8) is 0 Å². The Labute approximate surface area is 226 Å². The molecule has 0 bridgehead atoms. The first-order valence-corrected chi connectivity index (χ1v) is 15.6. The second-order valence-corrected chi connectivity index (χ2v) is 14.8. The van der Waals surface area contributed by atoms with Gasteiger partial charge in [0.1, 0.15) is 5.75 Å². The molecule has 1 aromatic rings. The minimum atomic E-state index is 0.255. The summed E-state index contributed by atoms with van der Waals surface area (Å²) in [5.74, 6) is 8.49. The van der Waals surface area contributed by atoms with E-state index in [1.54, 1.807) is 0 Å². The van der Waals surface area contributed by atoms with Crippen molar-refractivity contribution in [3.05, 3.63) is 30.4 Å². The van der Waals surface area contributed by atoms with Crippen LogP contribution in [0, 0.1) is 64.1 Å². The van der Waals surface area contributed by atoms with E-state index in [2.05, 4.69) is 46.8 Å². The number of rotatable bonds is 7. The van der Waals surface area contributed by atoms with Crippen LogP contribution in [0.3, 0.4) is 0 Å². The number of allylic oxidation sites excluding steroid dienone is 2. The van der Waals surface area contributed by atoms with Crippen LogP contribution in [0.25, 0.3) is 0 Å². The van der Waals surface area contributed by atoms with Gasteiger partial charge in [-0.15, -0.1) is 0 Å². The monoisotopic (exact) mass is 504 g/mol. The summed E-state index contributed by atoms with van der Waals surface area (Å²) in [4.78, 5) is 0. The van der Waals surface area contributed by atoms with Gasteiger partial charge in [-0.25, -0.2) is 0 Å². The minimum Gasteiger partial charge on any atom is -0.488 e. The van der Waals surface area contributed by atoms with Gasteiger partial charge in [0, 0.05) is 5.69 Å². The molecule has 204 valence electrons. The Morgan fingerprint density at radius 2 is 1.86 bits per heavy atom. The summed E-state index contributed by atoms with van der Waals surface area (Å²) in [6, 6.07) is 5.67. The molecule has 4 saturated carbocycles. The molecule has 6 rings (SSSR count). The predicted octanol–water partition coefficient (Wildman–Crippen LogP) is 8.35. The molecule has 11 unspecified atom stereocenters. The molecule has 11 atom stereocenters. The van der Waals surface area contributed by atoms with E-state index in [4.69, 9.17) is 16.2 Å². The normalized spacial score (nSPS) is 44.5. The molecule has 0 aromatic heterocycles. The lowest BCUT2D eigenvalue weighted by molar-refractivity contribution is -0.244. The van der Waals surface area contributed by atoms with Gasteiger partial charge in [-0.05, 0) is 121 Å². The summed E-state index contributed by atoms with van der Waals surface area (Å²) < 4.78 is 6.48. The minimum absolute atomic E-state index is 0.255. The third-order valence-corrected chi connectivity index (χ3v) is 12.7. The summed E-state index contributed by atoms with van der Waals surface area (Å²) in [5, 5.41) is 0. The zero-order valence-corrected chi connectivity index (χ0v) is 24.1. The van der Waals surface area contributed by atoms with Crippen LogP contribution in [0.5, 0.6) is 5.75 Å². The van der Waals surface area contributed by atoms with E-state index >= 15 is 0 Å². The largest absolute Gasteiger partial charge is 0.488 e. The van der Waals surface area contributed by atoms with Crippen molar-refractivity contribution in [2.75, 3.05) is 11.5 Å². The van der Waals surface area contributed by atoms with Crippen molar-refractivity contribution in [1.29, 1.82) is 0 Å². The first-order valence-electron chi connectivity index (χ1n) is 15.6. The standard InChI is InChI=1S/C34H52N2O/c1-20(2)7-6-8-21(3)28-12-13-29-26-11-9-23-17-25(37-31-14-10-24(35)18-30(31)36)15-16-34(23)22(4)27(32(26)34)19-33(28,29)5/h9-11,14,18,20-23,25-29,32H,6-8,12-13,15-17,19,35-36H2,1-5H3. The Bertz CT molecular complexity index is 1030. The van der Waals surface area contributed by atoms with Crippen molar-refractivity contribution in [3.8, 4) is 5.75 Å². The smallest absolute Gasteiger partial charge is 0.142 e. The lowest BCUT2D eigenvalue weighted by Crippen LogP contribution is -2.69. The number of hydrogen-bond donors (Lipinski definition) is 2. The third kappa shape index (κ3) is 3.88. The van der Waals surface area contributed by atoms with E-state index in [9.17, 15) is 0 Å². The number of nitrogen functional groups attached to an aromatic ring is 2. The molecule has 4 fully saturated rings. The Hall–Kier alpha value is -1.64. The molecule has 1 spiro atoms. The lowest BCUT2D eigenvalue weighted by atomic mass is 9.30. The Morgan fingerprint density at radius 1 is 1.05 bits per heavy atom. The predicted molar refractivity (Wildman–Crippen MR) is 155 cm³/mol. The zero-order chi connectivity index (χ0) is 26.1. The average Bonchev–Trinajstić information content (AvgIpc) is 3.21. The van der Waals surface area contributed by atoms with Crippen molar-refractivity contribution in [1.82, 2.24) is 0 Å². The second-order valence-electron chi connectivity index (χ2n) is 14.8. The summed E-state index contributed by atoms with van der Waals surface area (Å²) >= 11 is 0. The summed E-state index contributed by atoms with van der Waals surface area (Å²) in [6.45, 7) is 12.7. The van der Waals surface area contributed by atoms with E-state index in [1.807, 2.05) is 18.2 Å². The van der Waals surface area contributed by atoms with Gasteiger partial charge < -0.3 is 16.2 Å². The van der Waals surface area contributed by atoms with Crippen LogP contribution in [-0.4, -0.2) is 6.10 Å². The molecule has 4 N–H and O–H groups in total. The molecule has 0 amide bonds. The topological polar surface area (TPSA) is 61.3 Å². The average molecular weight is 505 g/mol. The number of anilines is 2. The number of nitrogens with two attached hydrogens (primary N) is 2. The summed E-state index contributed by atoms with van der Waals surface area (Å²) in [7, 11) is 0. The maximum atomic E-state index is 6.48. The molecule has 3 nitrogen and oxygen atoms in total. The van der Waals surface area contributed by atoms with Crippen molar-refractivity contribution < 1.29 is 4.74 Å². The highest BCUT2D eigenvalue weighted by atomic mass is 16.5. The maximum Gasteiger partial charge on any atom is 0.142 e. The van der Waals surface area contributed by atoms with Gasteiger partial charge in [-0.3, -0.25) is 0 Å². The number of benzene rings is 1. The van der Waals surface area contributed by atoms with Crippen LogP contribution < -0.4 is 16.2 Å². The van der Waals surface area contributed by atoms with Crippen LogP contribution in [0.2, 0.25) is 0 Å². The van der Waals surface area contributed by atoms with Crippen molar-refractivity contribution in [2.24, 2.45) is 64.1 Å². The van der Waals surface area contributed by atoms with E-state index in [1.165, 1.54) is 44.9 Å². The van der Waals surface area contributed by atoms with Gasteiger partial charge in [0.25, 0.3) is 0 Å². The van der Waals surface area contributed by atoms with Gasteiger partial charge >= 0.3 is 0 Å². The Morgan fingerprint density at radius 3 is 2.62 bits per heavy atom.